The maximum Gasteiger partial charge on any atom is 0.280 e. The van der Waals surface area contributed by atoms with Crippen LogP contribution in [0.3, 0.4) is 0 Å². The van der Waals surface area contributed by atoms with Gasteiger partial charge < -0.3 is 4.74 Å². The number of amides is 1. The van der Waals surface area contributed by atoms with E-state index in [9.17, 15) is 13.6 Å². The van der Waals surface area contributed by atoms with Gasteiger partial charge in [-0.15, -0.1) is 5.10 Å². The third-order valence-corrected chi connectivity index (χ3v) is 4.85. The van der Waals surface area contributed by atoms with Crippen molar-refractivity contribution in [2.45, 2.75) is 32.9 Å². The van der Waals surface area contributed by atoms with Crippen LogP contribution in [0.2, 0.25) is 0 Å². The van der Waals surface area contributed by atoms with Crippen molar-refractivity contribution in [1.82, 2.24) is 15.0 Å². The molecule has 0 spiro atoms. The van der Waals surface area contributed by atoms with Crippen LogP contribution in [0, 0.1) is 18.6 Å². The highest BCUT2D eigenvalue weighted by Crippen LogP contribution is 2.37. The predicted molar refractivity (Wildman–Crippen MR) is 103 cm³/mol. The van der Waals surface area contributed by atoms with Crippen LogP contribution >= 0.6 is 0 Å². The Labute approximate surface area is 166 Å². The van der Waals surface area contributed by atoms with Crippen molar-refractivity contribution in [2.24, 2.45) is 0 Å². The fourth-order valence-corrected chi connectivity index (χ4v) is 3.39. The molecule has 2 heterocycles. The SMILES string of the molecule is Cc1c(C(=O)N2CC(C)(C)Oc3ccccc32)nnn1Cc1ccc(F)cc1F. The van der Waals surface area contributed by atoms with Crippen LogP contribution in [-0.2, 0) is 6.54 Å². The summed E-state index contributed by atoms with van der Waals surface area (Å²) in [6.07, 6.45) is 0. The Morgan fingerprint density at radius 2 is 1.97 bits per heavy atom. The lowest BCUT2D eigenvalue weighted by molar-refractivity contribution is 0.0832. The number of hydrogen-bond donors (Lipinski definition) is 0. The van der Waals surface area contributed by atoms with E-state index in [2.05, 4.69) is 10.3 Å². The first kappa shape index (κ1) is 19.0. The van der Waals surface area contributed by atoms with Gasteiger partial charge in [0, 0.05) is 11.6 Å². The number of benzene rings is 2. The number of nitrogens with zero attached hydrogens (tertiary/aromatic N) is 4. The van der Waals surface area contributed by atoms with Gasteiger partial charge in [-0.2, -0.15) is 0 Å². The van der Waals surface area contributed by atoms with E-state index in [1.54, 1.807) is 11.8 Å². The van der Waals surface area contributed by atoms with Crippen LogP contribution in [0.4, 0.5) is 14.5 Å². The molecule has 1 amide bonds. The summed E-state index contributed by atoms with van der Waals surface area (Å²) in [5.74, 6) is -1.00. The van der Waals surface area contributed by atoms with Gasteiger partial charge in [-0.05, 0) is 39.0 Å². The second kappa shape index (κ2) is 6.95. The molecule has 3 aromatic rings. The number of aromatic nitrogens is 3. The zero-order valence-electron chi connectivity index (χ0n) is 16.3. The molecule has 0 radical (unpaired) electrons. The molecule has 0 N–H and O–H groups in total. The first-order valence-electron chi connectivity index (χ1n) is 9.19. The Morgan fingerprint density at radius 3 is 2.72 bits per heavy atom. The number of halogens is 2. The van der Waals surface area contributed by atoms with Crippen molar-refractivity contribution in [3.63, 3.8) is 0 Å². The van der Waals surface area contributed by atoms with Crippen molar-refractivity contribution >= 4 is 11.6 Å². The highest BCUT2D eigenvalue weighted by molar-refractivity contribution is 6.06. The van der Waals surface area contributed by atoms with Gasteiger partial charge >= 0.3 is 0 Å². The monoisotopic (exact) mass is 398 g/mol. The van der Waals surface area contributed by atoms with Gasteiger partial charge in [0.1, 0.15) is 23.0 Å². The topological polar surface area (TPSA) is 60.3 Å². The second-order valence-corrected chi connectivity index (χ2v) is 7.64. The smallest absolute Gasteiger partial charge is 0.280 e. The number of para-hydroxylation sites is 2. The average molecular weight is 398 g/mol. The van der Waals surface area contributed by atoms with Gasteiger partial charge in [-0.3, -0.25) is 9.69 Å². The molecule has 0 bridgehead atoms. The Bertz CT molecular complexity index is 1090. The van der Waals surface area contributed by atoms with Crippen LogP contribution in [0.15, 0.2) is 42.5 Å². The maximum absolute atomic E-state index is 14.0. The Hall–Kier alpha value is -3.29. The number of anilines is 1. The summed E-state index contributed by atoms with van der Waals surface area (Å²) in [7, 11) is 0. The van der Waals surface area contributed by atoms with E-state index in [0.717, 1.165) is 6.07 Å². The zero-order chi connectivity index (χ0) is 20.8. The van der Waals surface area contributed by atoms with Crippen LogP contribution in [0.25, 0.3) is 0 Å². The van der Waals surface area contributed by atoms with E-state index in [-0.39, 0.29) is 23.7 Å². The van der Waals surface area contributed by atoms with Crippen molar-refractivity contribution in [1.29, 1.82) is 0 Å². The molecule has 0 unspecified atom stereocenters. The van der Waals surface area contributed by atoms with E-state index in [1.807, 2.05) is 38.1 Å². The van der Waals surface area contributed by atoms with E-state index in [1.165, 1.54) is 16.8 Å². The molecule has 150 valence electrons. The van der Waals surface area contributed by atoms with Gasteiger partial charge in [0.15, 0.2) is 5.69 Å². The van der Waals surface area contributed by atoms with Gasteiger partial charge in [-0.1, -0.05) is 23.4 Å². The largest absolute Gasteiger partial charge is 0.484 e. The summed E-state index contributed by atoms with van der Waals surface area (Å²) in [5, 5.41) is 8.05. The van der Waals surface area contributed by atoms with E-state index in [4.69, 9.17) is 4.74 Å². The minimum Gasteiger partial charge on any atom is -0.484 e. The highest BCUT2D eigenvalue weighted by Gasteiger charge is 2.36. The van der Waals surface area contributed by atoms with Crippen molar-refractivity contribution < 1.29 is 18.3 Å². The average Bonchev–Trinajstić information content (AvgIpc) is 3.02. The third-order valence-electron chi connectivity index (χ3n) is 4.85. The minimum absolute atomic E-state index is 0.0451. The van der Waals surface area contributed by atoms with Gasteiger partial charge in [0.25, 0.3) is 5.91 Å². The molecular formula is C21H20F2N4O2. The summed E-state index contributed by atoms with van der Waals surface area (Å²) in [6, 6.07) is 10.7. The Balaban J connectivity index is 1.65. The highest BCUT2D eigenvalue weighted by atomic mass is 19.1. The number of hydrogen-bond acceptors (Lipinski definition) is 4. The molecule has 0 saturated carbocycles. The van der Waals surface area contributed by atoms with Crippen LogP contribution in [0.5, 0.6) is 5.75 Å². The third kappa shape index (κ3) is 3.57. The molecular weight excluding hydrogens is 378 g/mol. The number of fused-ring (bicyclic) bond motifs is 1. The molecule has 8 heteroatoms. The molecule has 1 aliphatic heterocycles. The molecule has 0 atom stereocenters. The second-order valence-electron chi connectivity index (χ2n) is 7.64. The summed E-state index contributed by atoms with van der Waals surface area (Å²) >= 11 is 0. The van der Waals surface area contributed by atoms with Gasteiger partial charge in [-0.25, -0.2) is 13.5 Å². The fourth-order valence-electron chi connectivity index (χ4n) is 3.39. The quantitative estimate of drug-likeness (QED) is 0.675. The molecule has 4 rings (SSSR count). The maximum atomic E-state index is 14.0. The van der Waals surface area contributed by atoms with Crippen LogP contribution in [0.1, 0.15) is 35.6 Å². The van der Waals surface area contributed by atoms with E-state index >= 15 is 0 Å². The number of carbonyl (C=O) groups is 1. The molecule has 0 fully saturated rings. The summed E-state index contributed by atoms with van der Waals surface area (Å²) in [6.45, 7) is 5.91. The molecule has 0 aliphatic carbocycles. The van der Waals surface area contributed by atoms with E-state index in [0.29, 0.717) is 23.7 Å². The molecule has 1 aliphatic rings. The summed E-state index contributed by atoms with van der Waals surface area (Å²) in [4.78, 5) is 14.9. The van der Waals surface area contributed by atoms with Crippen LogP contribution < -0.4 is 9.64 Å². The van der Waals surface area contributed by atoms with Gasteiger partial charge in [0.2, 0.25) is 0 Å². The number of ether oxygens (including phenoxy) is 1. The van der Waals surface area contributed by atoms with Crippen molar-refractivity contribution in [3.05, 3.63) is 71.1 Å². The molecule has 1 aromatic heterocycles. The molecule has 29 heavy (non-hydrogen) atoms. The van der Waals surface area contributed by atoms with Crippen molar-refractivity contribution in [3.8, 4) is 5.75 Å². The standard InChI is InChI=1S/C21H20F2N4O2/c1-13-19(24-25-27(13)11-14-8-9-15(22)10-16(14)23)20(28)26-12-21(2,3)29-18-7-5-4-6-17(18)26/h4-10H,11-12H2,1-3H3. The molecule has 2 aromatic carbocycles. The Kier molecular flexibility index (Phi) is 4.56. The fraction of sp³-hybridized carbons (Fsp3) is 0.286. The number of rotatable bonds is 3. The minimum atomic E-state index is -0.670. The molecule has 0 saturated heterocycles. The summed E-state index contributed by atoms with van der Waals surface area (Å²) in [5.41, 5.74) is 1.04. The molecule has 6 nitrogen and oxygen atoms in total. The van der Waals surface area contributed by atoms with Crippen LogP contribution in [-0.4, -0.2) is 33.0 Å². The lowest BCUT2D eigenvalue weighted by Gasteiger charge is -2.39. The normalized spacial score (nSPS) is 15.0. The first-order valence-corrected chi connectivity index (χ1v) is 9.19. The lowest BCUT2D eigenvalue weighted by Crippen LogP contribution is -2.49. The van der Waals surface area contributed by atoms with Gasteiger partial charge in [0.05, 0.1) is 24.5 Å². The number of carbonyl (C=O) groups excluding carboxylic acids is 1. The summed E-state index contributed by atoms with van der Waals surface area (Å²) < 4.78 is 34.5. The predicted octanol–water partition coefficient (Wildman–Crippen LogP) is 3.73. The van der Waals surface area contributed by atoms with E-state index < -0.39 is 17.2 Å². The lowest BCUT2D eigenvalue weighted by atomic mass is 10.0. The van der Waals surface area contributed by atoms with Crippen molar-refractivity contribution in [2.75, 3.05) is 11.4 Å². The first-order chi connectivity index (χ1) is 13.7. The Morgan fingerprint density at radius 1 is 1.21 bits per heavy atom. The zero-order valence-corrected chi connectivity index (χ0v) is 16.3.